The fraction of sp³-hybridized carbons (Fsp3) is 0.650. The lowest BCUT2D eigenvalue weighted by Crippen LogP contribution is -2.24. The van der Waals surface area contributed by atoms with Crippen molar-refractivity contribution in [3.05, 3.63) is 29.3 Å². The summed E-state index contributed by atoms with van der Waals surface area (Å²) in [5, 5.41) is 8.45. The van der Waals surface area contributed by atoms with Gasteiger partial charge in [-0.05, 0) is 37.1 Å². The van der Waals surface area contributed by atoms with Gasteiger partial charge >= 0.3 is 5.97 Å². The number of unbranched alkanes of at least 4 members (excludes halogenated alkanes) is 9. The third kappa shape index (κ3) is 11.2. The van der Waals surface area contributed by atoms with Crippen LogP contribution in [0.4, 0.5) is 0 Å². The lowest BCUT2D eigenvalue weighted by molar-refractivity contribution is -0.136. The Bertz CT molecular complexity index is 665. The molecule has 0 aromatic heterocycles. The van der Waals surface area contributed by atoms with E-state index in [0.717, 1.165) is 44.9 Å². The van der Waals surface area contributed by atoms with Crippen LogP contribution < -0.4 is 4.72 Å². The van der Waals surface area contributed by atoms with Crippen molar-refractivity contribution < 1.29 is 18.3 Å². The van der Waals surface area contributed by atoms with Crippen LogP contribution in [-0.2, 0) is 14.8 Å². The number of carboxylic acids is 1. The van der Waals surface area contributed by atoms with Crippen LogP contribution in [0, 0.1) is 0 Å². The molecule has 0 saturated carbocycles. The summed E-state index contributed by atoms with van der Waals surface area (Å²) in [7, 11) is -3.45. The highest BCUT2D eigenvalue weighted by Gasteiger charge is 2.13. The van der Waals surface area contributed by atoms with Crippen molar-refractivity contribution in [2.24, 2.45) is 0 Å². The molecule has 1 aromatic carbocycles. The number of sulfonamides is 1. The zero-order chi connectivity index (χ0) is 20.8. The first kappa shape index (κ1) is 25.2. The second-order valence-corrected chi connectivity index (χ2v) is 9.71. The molecule has 0 amide bonds. The topological polar surface area (TPSA) is 83.5 Å². The number of carbonyl (C=O) groups is 1. The van der Waals surface area contributed by atoms with E-state index >= 15 is 0 Å². The average Bonchev–Trinajstić information content (AvgIpc) is 2.65. The fourth-order valence-electron chi connectivity index (χ4n) is 2.89. The van der Waals surface area contributed by atoms with Crippen molar-refractivity contribution in [1.82, 2.24) is 4.72 Å². The summed E-state index contributed by atoms with van der Waals surface area (Å²) < 4.78 is 26.8. The third-order valence-electron chi connectivity index (χ3n) is 4.57. The highest BCUT2D eigenvalue weighted by Crippen LogP contribution is 2.15. The molecule has 5 nitrogen and oxygen atoms in total. The molecule has 0 fully saturated rings. The summed E-state index contributed by atoms with van der Waals surface area (Å²) in [5.41, 5.74) is 0. The minimum atomic E-state index is -3.45. The number of aliphatic carboxylic acids is 1. The Labute approximate surface area is 178 Å². The molecule has 0 bridgehead atoms. The summed E-state index contributed by atoms with van der Waals surface area (Å²) in [6.07, 6.45) is 11.2. The molecular formula is C20H31Cl2NO4S. The van der Waals surface area contributed by atoms with Crippen molar-refractivity contribution >= 4 is 39.2 Å². The van der Waals surface area contributed by atoms with Crippen LogP contribution in [-0.4, -0.2) is 31.4 Å². The van der Waals surface area contributed by atoms with Gasteiger partial charge < -0.3 is 5.11 Å². The molecule has 8 heteroatoms. The van der Waals surface area contributed by atoms with E-state index in [4.69, 9.17) is 28.3 Å². The van der Waals surface area contributed by atoms with Crippen molar-refractivity contribution in [1.29, 1.82) is 0 Å². The zero-order valence-corrected chi connectivity index (χ0v) is 18.5. The van der Waals surface area contributed by atoms with Crippen LogP contribution in [0.3, 0.4) is 0 Å². The first-order chi connectivity index (χ1) is 13.3. The Hall–Kier alpha value is -0.820. The number of rotatable bonds is 16. The maximum absolute atomic E-state index is 12.1. The van der Waals surface area contributed by atoms with Crippen LogP contribution in [0.15, 0.2) is 29.2 Å². The van der Waals surface area contributed by atoms with Gasteiger partial charge in [-0.1, -0.05) is 69.4 Å². The Kier molecular flexibility index (Phi) is 12.8. The minimum Gasteiger partial charge on any atom is -0.480 e. The molecule has 160 valence electrons. The van der Waals surface area contributed by atoms with Crippen molar-refractivity contribution in [2.45, 2.75) is 80.9 Å². The number of hydrogen-bond donors (Lipinski definition) is 2. The van der Waals surface area contributed by atoms with Crippen LogP contribution in [0.5, 0.6) is 0 Å². The first-order valence-corrected chi connectivity index (χ1v) is 12.2. The molecule has 0 spiro atoms. The lowest BCUT2D eigenvalue weighted by Gasteiger charge is -2.07. The molecule has 1 unspecified atom stereocenters. The predicted molar refractivity (Wildman–Crippen MR) is 115 cm³/mol. The molecule has 0 heterocycles. The summed E-state index contributed by atoms with van der Waals surface area (Å²) in [5.74, 6) is -0.931. The summed E-state index contributed by atoms with van der Waals surface area (Å²) in [4.78, 5) is 10.8. The summed E-state index contributed by atoms with van der Waals surface area (Å²) in [6, 6.07) is 6.15. The number of benzene rings is 1. The Morgan fingerprint density at radius 2 is 1.36 bits per heavy atom. The van der Waals surface area contributed by atoms with Gasteiger partial charge in [-0.25, -0.2) is 13.1 Å². The van der Waals surface area contributed by atoms with Crippen molar-refractivity contribution in [3.63, 3.8) is 0 Å². The normalized spacial score (nSPS) is 12.8. The molecule has 0 saturated heterocycles. The molecule has 28 heavy (non-hydrogen) atoms. The van der Waals surface area contributed by atoms with E-state index in [1.807, 2.05) is 0 Å². The smallest absolute Gasteiger partial charge is 0.321 e. The SMILES string of the molecule is O=C(O)C(Cl)CCCCCCCCCCCCNS(=O)(=O)c1ccc(Cl)cc1. The number of carboxylic acid groups (broad SMARTS) is 1. The highest BCUT2D eigenvalue weighted by atomic mass is 35.5. The monoisotopic (exact) mass is 451 g/mol. The molecule has 1 rings (SSSR count). The molecule has 0 aliphatic carbocycles. The van der Waals surface area contributed by atoms with Crippen LogP contribution in [0.1, 0.15) is 70.6 Å². The largest absolute Gasteiger partial charge is 0.480 e. The van der Waals surface area contributed by atoms with Crippen molar-refractivity contribution in [3.8, 4) is 0 Å². The van der Waals surface area contributed by atoms with Gasteiger partial charge in [0, 0.05) is 11.6 Å². The predicted octanol–water partition coefficient (Wildman–Crippen LogP) is 5.60. The molecule has 1 atom stereocenters. The molecule has 2 N–H and O–H groups in total. The molecule has 0 aliphatic rings. The standard InChI is InChI=1S/C20H31Cl2NO4S/c21-17-12-14-18(15-13-17)28(26,27)23-16-10-8-6-4-2-1-3-5-7-9-11-19(22)20(24)25/h12-15,19,23H,1-11,16H2,(H,24,25). The van der Waals surface area contributed by atoms with Crippen LogP contribution >= 0.6 is 23.2 Å². The van der Waals surface area contributed by atoms with E-state index in [2.05, 4.69) is 4.72 Å². The highest BCUT2D eigenvalue weighted by molar-refractivity contribution is 7.89. The van der Waals surface area contributed by atoms with E-state index in [1.54, 1.807) is 12.1 Å². The van der Waals surface area contributed by atoms with E-state index < -0.39 is 21.4 Å². The Balaban J connectivity index is 1.94. The summed E-state index contributed by atoms with van der Waals surface area (Å²) in [6.45, 7) is 0.447. The first-order valence-electron chi connectivity index (χ1n) is 9.95. The number of nitrogens with one attached hydrogen (secondary N) is 1. The number of alkyl halides is 1. The van der Waals surface area contributed by atoms with Gasteiger partial charge in [0.2, 0.25) is 10.0 Å². The van der Waals surface area contributed by atoms with Crippen LogP contribution in [0.2, 0.25) is 5.02 Å². The third-order valence-corrected chi connectivity index (χ3v) is 6.70. The van der Waals surface area contributed by atoms with Crippen molar-refractivity contribution in [2.75, 3.05) is 6.54 Å². The molecule has 0 aliphatic heterocycles. The van der Waals surface area contributed by atoms with E-state index in [1.165, 1.54) is 31.4 Å². The lowest BCUT2D eigenvalue weighted by atomic mass is 10.1. The van der Waals surface area contributed by atoms with E-state index in [-0.39, 0.29) is 4.90 Å². The Morgan fingerprint density at radius 3 is 1.86 bits per heavy atom. The Morgan fingerprint density at radius 1 is 0.893 bits per heavy atom. The maximum atomic E-state index is 12.1. The number of hydrogen-bond acceptors (Lipinski definition) is 3. The van der Waals surface area contributed by atoms with Gasteiger partial charge in [0.25, 0.3) is 0 Å². The number of halogens is 2. The van der Waals surface area contributed by atoms with Gasteiger partial charge in [-0.3, -0.25) is 4.79 Å². The van der Waals surface area contributed by atoms with E-state index in [9.17, 15) is 13.2 Å². The van der Waals surface area contributed by atoms with Crippen LogP contribution in [0.25, 0.3) is 0 Å². The van der Waals surface area contributed by atoms with Gasteiger partial charge in [0.05, 0.1) is 4.90 Å². The quantitative estimate of drug-likeness (QED) is 0.253. The van der Waals surface area contributed by atoms with Gasteiger partial charge in [0.1, 0.15) is 5.38 Å². The average molecular weight is 452 g/mol. The molecule has 0 radical (unpaired) electrons. The fourth-order valence-corrected chi connectivity index (χ4v) is 4.24. The van der Waals surface area contributed by atoms with Gasteiger partial charge in [-0.15, -0.1) is 11.6 Å². The second-order valence-electron chi connectivity index (χ2n) is 6.98. The van der Waals surface area contributed by atoms with Gasteiger partial charge in [-0.2, -0.15) is 0 Å². The van der Waals surface area contributed by atoms with Gasteiger partial charge in [0.15, 0.2) is 0 Å². The molecular weight excluding hydrogens is 421 g/mol. The minimum absolute atomic E-state index is 0.237. The van der Waals surface area contributed by atoms with E-state index in [0.29, 0.717) is 18.0 Å². The zero-order valence-electron chi connectivity index (χ0n) is 16.2. The maximum Gasteiger partial charge on any atom is 0.321 e. The molecule has 1 aromatic rings. The summed E-state index contributed by atoms with van der Waals surface area (Å²) >= 11 is 11.4. The second kappa shape index (κ2) is 14.2.